The van der Waals surface area contributed by atoms with Crippen molar-refractivity contribution < 1.29 is 0 Å². The Balaban J connectivity index is 2.04. The summed E-state index contributed by atoms with van der Waals surface area (Å²) in [5, 5.41) is 2.59. The number of aromatic nitrogens is 1. The molecule has 0 unspecified atom stereocenters. The highest BCUT2D eigenvalue weighted by molar-refractivity contribution is 5.83. The molecule has 0 bridgehead atoms. The third kappa shape index (κ3) is 2.00. The van der Waals surface area contributed by atoms with E-state index in [1.54, 1.807) is 0 Å². The summed E-state index contributed by atoms with van der Waals surface area (Å²) in [6.07, 6.45) is 3.76. The number of hydrogen-bond donors (Lipinski definition) is 0. The van der Waals surface area contributed by atoms with Crippen molar-refractivity contribution in [1.82, 2.24) is 4.98 Å². The van der Waals surface area contributed by atoms with E-state index in [9.17, 15) is 0 Å². The molecule has 0 spiro atoms. The number of pyridine rings is 1. The van der Waals surface area contributed by atoms with Crippen molar-refractivity contribution in [3.8, 4) is 0 Å². The van der Waals surface area contributed by atoms with Gasteiger partial charge in [-0.2, -0.15) is 0 Å². The molecule has 0 saturated carbocycles. The minimum atomic E-state index is 0.378. The summed E-state index contributed by atoms with van der Waals surface area (Å²) in [7, 11) is 0. The van der Waals surface area contributed by atoms with Crippen molar-refractivity contribution in [1.29, 1.82) is 0 Å². The van der Waals surface area contributed by atoms with Crippen LogP contribution in [0.1, 0.15) is 24.0 Å². The van der Waals surface area contributed by atoms with E-state index in [1.165, 1.54) is 21.9 Å². The van der Waals surface area contributed by atoms with Crippen LogP contribution >= 0.6 is 0 Å². The predicted molar refractivity (Wildman–Crippen MR) is 75.7 cm³/mol. The monoisotopic (exact) mass is 233 g/mol. The molecule has 0 aliphatic carbocycles. The SMILES string of the molecule is C[C@@H](c1cccnc1)c1ccc2ccccc2c1. The molecule has 1 atom stereocenters. The van der Waals surface area contributed by atoms with E-state index in [2.05, 4.69) is 60.4 Å². The fraction of sp³-hybridized carbons (Fsp3) is 0.118. The van der Waals surface area contributed by atoms with E-state index in [0.29, 0.717) is 5.92 Å². The highest BCUT2D eigenvalue weighted by atomic mass is 14.6. The van der Waals surface area contributed by atoms with Crippen LogP contribution in [0.3, 0.4) is 0 Å². The molecule has 0 aliphatic heterocycles. The quantitative estimate of drug-likeness (QED) is 0.639. The van der Waals surface area contributed by atoms with Gasteiger partial charge in [-0.15, -0.1) is 0 Å². The summed E-state index contributed by atoms with van der Waals surface area (Å²) >= 11 is 0. The van der Waals surface area contributed by atoms with E-state index >= 15 is 0 Å². The average Bonchev–Trinajstić information content (AvgIpc) is 2.47. The predicted octanol–water partition coefficient (Wildman–Crippen LogP) is 4.39. The molecule has 1 nitrogen and oxygen atoms in total. The molecule has 0 amide bonds. The van der Waals surface area contributed by atoms with Crippen molar-refractivity contribution in [2.24, 2.45) is 0 Å². The second kappa shape index (κ2) is 4.61. The minimum Gasteiger partial charge on any atom is -0.264 e. The maximum Gasteiger partial charge on any atom is 0.0305 e. The van der Waals surface area contributed by atoms with Crippen molar-refractivity contribution in [3.05, 3.63) is 78.1 Å². The maximum atomic E-state index is 4.19. The first-order valence-electron chi connectivity index (χ1n) is 6.23. The van der Waals surface area contributed by atoms with Crippen LogP contribution in [0.25, 0.3) is 10.8 Å². The first-order valence-corrected chi connectivity index (χ1v) is 6.23. The Bertz CT molecular complexity index is 659. The van der Waals surface area contributed by atoms with E-state index < -0.39 is 0 Å². The normalized spacial score (nSPS) is 12.5. The third-order valence-electron chi connectivity index (χ3n) is 3.46. The van der Waals surface area contributed by atoms with Gasteiger partial charge in [0.25, 0.3) is 0 Å². The molecular weight excluding hydrogens is 218 g/mol. The highest BCUT2D eigenvalue weighted by Crippen LogP contribution is 2.26. The van der Waals surface area contributed by atoms with Crippen LogP contribution in [0.15, 0.2) is 67.0 Å². The topological polar surface area (TPSA) is 12.9 Å². The standard InChI is InChI=1S/C17H15N/c1-13(17-7-4-10-18-12-17)15-9-8-14-5-2-3-6-16(14)11-15/h2-13H,1H3/t13-/m1/s1. The van der Waals surface area contributed by atoms with Crippen LogP contribution in [-0.4, -0.2) is 4.98 Å². The van der Waals surface area contributed by atoms with Gasteiger partial charge in [-0.05, 0) is 28.0 Å². The molecule has 1 aromatic heterocycles. The molecule has 0 radical (unpaired) electrons. The molecule has 0 saturated heterocycles. The number of fused-ring (bicyclic) bond motifs is 1. The number of hydrogen-bond acceptors (Lipinski definition) is 1. The van der Waals surface area contributed by atoms with Gasteiger partial charge in [0.15, 0.2) is 0 Å². The van der Waals surface area contributed by atoms with Crippen LogP contribution in [0.5, 0.6) is 0 Å². The van der Waals surface area contributed by atoms with Crippen LogP contribution < -0.4 is 0 Å². The van der Waals surface area contributed by atoms with Gasteiger partial charge in [0.05, 0.1) is 0 Å². The summed E-state index contributed by atoms with van der Waals surface area (Å²) < 4.78 is 0. The first kappa shape index (κ1) is 11.0. The van der Waals surface area contributed by atoms with Gasteiger partial charge in [-0.25, -0.2) is 0 Å². The van der Waals surface area contributed by atoms with E-state index in [0.717, 1.165) is 0 Å². The molecule has 0 aliphatic rings. The van der Waals surface area contributed by atoms with Crippen LogP contribution in [0.2, 0.25) is 0 Å². The number of nitrogens with zero attached hydrogens (tertiary/aromatic N) is 1. The fourth-order valence-corrected chi connectivity index (χ4v) is 2.30. The third-order valence-corrected chi connectivity index (χ3v) is 3.46. The van der Waals surface area contributed by atoms with E-state index in [1.807, 2.05) is 18.5 Å². The van der Waals surface area contributed by atoms with Crippen molar-refractivity contribution in [3.63, 3.8) is 0 Å². The fourth-order valence-electron chi connectivity index (χ4n) is 2.30. The summed E-state index contributed by atoms with van der Waals surface area (Å²) in [5.74, 6) is 0.378. The Morgan fingerprint density at radius 2 is 1.67 bits per heavy atom. The molecule has 88 valence electrons. The van der Waals surface area contributed by atoms with Gasteiger partial charge in [0.2, 0.25) is 0 Å². The van der Waals surface area contributed by atoms with Gasteiger partial charge in [0, 0.05) is 18.3 Å². The Labute approximate surface area is 107 Å². The lowest BCUT2D eigenvalue weighted by atomic mass is 9.93. The Kier molecular flexibility index (Phi) is 2.81. The molecule has 1 heterocycles. The minimum absolute atomic E-state index is 0.378. The van der Waals surface area contributed by atoms with Gasteiger partial charge < -0.3 is 0 Å². The Morgan fingerprint density at radius 1 is 0.833 bits per heavy atom. The highest BCUT2D eigenvalue weighted by Gasteiger charge is 2.08. The second-order valence-electron chi connectivity index (χ2n) is 4.61. The van der Waals surface area contributed by atoms with Gasteiger partial charge >= 0.3 is 0 Å². The zero-order valence-corrected chi connectivity index (χ0v) is 10.4. The second-order valence-corrected chi connectivity index (χ2v) is 4.61. The molecule has 0 fully saturated rings. The number of benzene rings is 2. The largest absolute Gasteiger partial charge is 0.264 e. The summed E-state index contributed by atoms with van der Waals surface area (Å²) in [6, 6.07) is 19.3. The molecule has 18 heavy (non-hydrogen) atoms. The lowest BCUT2D eigenvalue weighted by molar-refractivity contribution is 0.914. The van der Waals surface area contributed by atoms with E-state index in [4.69, 9.17) is 0 Å². The molecule has 2 aromatic carbocycles. The maximum absolute atomic E-state index is 4.19. The summed E-state index contributed by atoms with van der Waals surface area (Å²) in [4.78, 5) is 4.19. The van der Waals surface area contributed by atoms with Gasteiger partial charge in [0.1, 0.15) is 0 Å². The molecule has 3 aromatic rings. The Hall–Kier alpha value is -2.15. The smallest absolute Gasteiger partial charge is 0.0305 e. The van der Waals surface area contributed by atoms with Crippen molar-refractivity contribution in [2.75, 3.05) is 0 Å². The zero-order chi connectivity index (χ0) is 12.4. The molecule has 0 N–H and O–H groups in total. The first-order chi connectivity index (χ1) is 8.84. The molecular formula is C17H15N. The molecule has 3 rings (SSSR count). The summed E-state index contributed by atoms with van der Waals surface area (Å²) in [6.45, 7) is 2.22. The van der Waals surface area contributed by atoms with Crippen molar-refractivity contribution in [2.45, 2.75) is 12.8 Å². The van der Waals surface area contributed by atoms with Gasteiger partial charge in [-0.3, -0.25) is 4.98 Å². The number of rotatable bonds is 2. The summed E-state index contributed by atoms with van der Waals surface area (Å²) in [5.41, 5.74) is 2.59. The van der Waals surface area contributed by atoms with Gasteiger partial charge in [-0.1, -0.05) is 55.5 Å². The van der Waals surface area contributed by atoms with Crippen LogP contribution in [0.4, 0.5) is 0 Å². The van der Waals surface area contributed by atoms with Crippen molar-refractivity contribution >= 4 is 10.8 Å². The average molecular weight is 233 g/mol. The lowest BCUT2D eigenvalue weighted by Gasteiger charge is -2.12. The lowest BCUT2D eigenvalue weighted by Crippen LogP contribution is -1.96. The Morgan fingerprint density at radius 3 is 2.44 bits per heavy atom. The van der Waals surface area contributed by atoms with E-state index in [-0.39, 0.29) is 0 Å². The van der Waals surface area contributed by atoms with Crippen LogP contribution in [-0.2, 0) is 0 Å². The zero-order valence-electron chi connectivity index (χ0n) is 10.4. The van der Waals surface area contributed by atoms with Crippen LogP contribution in [0, 0.1) is 0 Å². The molecule has 1 heteroatoms.